The average Bonchev–Trinajstić information content (AvgIpc) is 3.33. The van der Waals surface area contributed by atoms with Crippen molar-refractivity contribution >= 4 is 23.2 Å². The third-order valence-corrected chi connectivity index (χ3v) is 6.13. The molecule has 5 rings (SSSR count). The number of nitrogens with two attached hydrogens (primary N) is 1. The Morgan fingerprint density at radius 2 is 1.94 bits per heavy atom. The molecule has 2 aromatic carbocycles. The Bertz CT molecular complexity index is 1180. The molecular weight excluding hydrogens is 400 g/mol. The molecule has 0 saturated carbocycles. The number of anilines is 3. The molecule has 0 aliphatic carbocycles. The first-order valence-electron chi connectivity index (χ1n) is 10.1. The van der Waals surface area contributed by atoms with Gasteiger partial charge >= 0.3 is 0 Å². The van der Waals surface area contributed by atoms with Crippen LogP contribution in [0.5, 0.6) is 0 Å². The van der Waals surface area contributed by atoms with Crippen LogP contribution in [0.3, 0.4) is 0 Å². The summed E-state index contributed by atoms with van der Waals surface area (Å²) in [6.07, 6.45) is 1.99. The van der Waals surface area contributed by atoms with Gasteiger partial charge in [-0.15, -0.1) is 0 Å². The first kappa shape index (κ1) is 19.4. The van der Waals surface area contributed by atoms with Crippen molar-refractivity contribution in [3.05, 3.63) is 76.6 Å². The first-order valence-corrected chi connectivity index (χ1v) is 10.1. The standard InChI is InChI=1S/C23H21F2N5O/c1-29-11-17(20-22(26)27-12-28-23(20)29)15-6-7-18-16(21(15)25)8-9-30(18)19(31)10-13-2-4-14(24)5-3-13/h2-7,12,17H,8-11H2,1H3,(H2,26,27,28). The van der Waals surface area contributed by atoms with Crippen molar-refractivity contribution in [3.63, 3.8) is 0 Å². The van der Waals surface area contributed by atoms with Crippen LogP contribution < -0.4 is 15.5 Å². The Morgan fingerprint density at radius 1 is 1.16 bits per heavy atom. The lowest BCUT2D eigenvalue weighted by Gasteiger charge is -2.19. The van der Waals surface area contributed by atoms with Crippen LogP contribution >= 0.6 is 0 Å². The molecule has 158 valence electrons. The van der Waals surface area contributed by atoms with Crippen LogP contribution in [0, 0.1) is 11.6 Å². The van der Waals surface area contributed by atoms with E-state index in [-0.39, 0.29) is 29.9 Å². The molecule has 3 heterocycles. The van der Waals surface area contributed by atoms with Crippen LogP contribution in [-0.2, 0) is 17.6 Å². The van der Waals surface area contributed by atoms with Gasteiger partial charge in [-0.2, -0.15) is 0 Å². The van der Waals surface area contributed by atoms with Crippen LogP contribution in [0.4, 0.5) is 26.1 Å². The molecule has 0 saturated heterocycles. The van der Waals surface area contributed by atoms with Gasteiger partial charge in [-0.1, -0.05) is 18.2 Å². The number of likely N-dealkylation sites (N-methyl/N-ethyl adjacent to an activating group) is 1. The Labute approximate surface area is 178 Å². The van der Waals surface area contributed by atoms with Gasteiger partial charge in [0.05, 0.1) is 6.42 Å². The molecule has 1 amide bonds. The quantitative estimate of drug-likeness (QED) is 0.704. The van der Waals surface area contributed by atoms with Crippen molar-refractivity contribution < 1.29 is 13.6 Å². The van der Waals surface area contributed by atoms with E-state index >= 15 is 4.39 Å². The second-order valence-electron chi connectivity index (χ2n) is 7.99. The predicted molar refractivity (Wildman–Crippen MR) is 114 cm³/mol. The summed E-state index contributed by atoms with van der Waals surface area (Å²) in [5.74, 6) is 0.0204. The zero-order valence-corrected chi connectivity index (χ0v) is 17.0. The maximum atomic E-state index is 15.6. The number of fused-ring (bicyclic) bond motifs is 2. The second-order valence-corrected chi connectivity index (χ2v) is 7.99. The number of nitrogens with zero attached hydrogens (tertiary/aromatic N) is 4. The fraction of sp³-hybridized carbons (Fsp3) is 0.261. The van der Waals surface area contributed by atoms with E-state index in [4.69, 9.17) is 5.73 Å². The van der Waals surface area contributed by atoms with E-state index in [0.29, 0.717) is 48.0 Å². The predicted octanol–water partition coefficient (Wildman–Crippen LogP) is 3.05. The largest absolute Gasteiger partial charge is 0.383 e. The number of hydrogen-bond donors (Lipinski definition) is 1. The van der Waals surface area contributed by atoms with E-state index in [0.717, 1.165) is 11.1 Å². The molecule has 3 aromatic rings. The van der Waals surface area contributed by atoms with Crippen molar-refractivity contribution in [2.45, 2.75) is 18.8 Å². The number of carbonyl (C=O) groups is 1. The van der Waals surface area contributed by atoms with Gasteiger partial charge < -0.3 is 15.5 Å². The fourth-order valence-electron chi connectivity index (χ4n) is 4.61. The van der Waals surface area contributed by atoms with Gasteiger partial charge in [0.1, 0.15) is 29.6 Å². The van der Waals surface area contributed by atoms with E-state index in [2.05, 4.69) is 9.97 Å². The highest BCUT2D eigenvalue weighted by molar-refractivity contribution is 5.96. The number of hydrogen-bond acceptors (Lipinski definition) is 5. The molecule has 2 aliphatic heterocycles. The van der Waals surface area contributed by atoms with Crippen molar-refractivity contribution in [1.29, 1.82) is 0 Å². The Hall–Kier alpha value is -3.55. The van der Waals surface area contributed by atoms with Crippen LogP contribution in [-0.4, -0.2) is 36.0 Å². The smallest absolute Gasteiger partial charge is 0.231 e. The van der Waals surface area contributed by atoms with Gasteiger partial charge in [-0.05, 0) is 35.7 Å². The number of halogens is 2. The number of aromatic nitrogens is 2. The molecule has 2 aliphatic rings. The minimum Gasteiger partial charge on any atom is -0.383 e. The zero-order valence-electron chi connectivity index (χ0n) is 17.0. The first-order chi connectivity index (χ1) is 14.9. The van der Waals surface area contributed by atoms with Crippen molar-refractivity contribution in [2.24, 2.45) is 0 Å². The van der Waals surface area contributed by atoms with E-state index in [1.807, 2.05) is 11.9 Å². The highest BCUT2D eigenvalue weighted by Gasteiger charge is 2.36. The molecular formula is C23H21F2N5O. The Kier molecular flexibility index (Phi) is 4.57. The molecule has 6 nitrogen and oxygen atoms in total. The zero-order chi connectivity index (χ0) is 21.7. The van der Waals surface area contributed by atoms with Crippen LogP contribution in [0.2, 0.25) is 0 Å². The maximum Gasteiger partial charge on any atom is 0.231 e. The van der Waals surface area contributed by atoms with Gasteiger partial charge in [-0.3, -0.25) is 4.79 Å². The van der Waals surface area contributed by atoms with Gasteiger partial charge in [0.15, 0.2) is 0 Å². The van der Waals surface area contributed by atoms with Gasteiger partial charge in [0.2, 0.25) is 5.91 Å². The van der Waals surface area contributed by atoms with E-state index in [9.17, 15) is 9.18 Å². The SMILES string of the molecule is CN1CC(c2ccc3c(c2F)CCN3C(=O)Cc2ccc(F)cc2)c2c(N)ncnc21. The molecule has 31 heavy (non-hydrogen) atoms. The second kappa shape index (κ2) is 7.30. The molecule has 0 spiro atoms. The van der Waals surface area contributed by atoms with Gasteiger partial charge in [0, 0.05) is 42.9 Å². The van der Waals surface area contributed by atoms with Crippen molar-refractivity contribution in [2.75, 3.05) is 35.7 Å². The number of amides is 1. The minimum atomic E-state index is -0.345. The minimum absolute atomic E-state index is 0.137. The maximum absolute atomic E-state index is 15.6. The van der Waals surface area contributed by atoms with Crippen LogP contribution in [0.25, 0.3) is 0 Å². The summed E-state index contributed by atoms with van der Waals surface area (Å²) in [6, 6.07) is 9.39. The fourth-order valence-corrected chi connectivity index (χ4v) is 4.61. The van der Waals surface area contributed by atoms with Gasteiger partial charge in [-0.25, -0.2) is 18.7 Å². The summed E-state index contributed by atoms with van der Waals surface area (Å²) in [6.45, 7) is 0.975. The number of carbonyl (C=O) groups excluding carboxylic acids is 1. The van der Waals surface area contributed by atoms with Gasteiger partial charge in [0.25, 0.3) is 0 Å². The summed E-state index contributed by atoms with van der Waals surface area (Å²) < 4.78 is 28.7. The molecule has 0 radical (unpaired) electrons. The lowest BCUT2D eigenvalue weighted by atomic mass is 9.91. The lowest BCUT2D eigenvalue weighted by Crippen LogP contribution is -2.30. The van der Waals surface area contributed by atoms with E-state index < -0.39 is 0 Å². The molecule has 1 atom stereocenters. The molecule has 1 aromatic heterocycles. The van der Waals surface area contributed by atoms with E-state index in [1.165, 1.54) is 18.5 Å². The summed E-state index contributed by atoms with van der Waals surface area (Å²) in [5, 5.41) is 0. The van der Waals surface area contributed by atoms with Crippen molar-refractivity contribution in [3.8, 4) is 0 Å². The average molecular weight is 421 g/mol. The molecule has 8 heteroatoms. The Balaban J connectivity index is 1.45. The number of benzene rings is 2. The number of rotatable bonds is 3. The third kappa shape index (κ3) is 3.19. The molecule has 1 unspecified atom stereocenters. The van der Waals surface area contributed by atoms with Crippen LogP contribution in [0.1, 0.15) is 28.2 Å². The molecule has 0 bridgehead atoms. The van der Waals surface area contributed by atoms with Crippen molar-refractivity contribution in [1.82, 2.24) is 9.97 Å². The molecule has 2 N–H and O–H groups in total. The molecule has 0 fully saturated rings. The number of nitrogen functional groups attached to an aromatic ring is 1. The monoisotopic (exact) mass is 421 g/mol. The third-order valence-electron chi connectivity index (χ3n) is 6.13. The van der Waals surface area contributed by atoms with E-state index in [1.54, 1.807) is 29.2 Å². The Morgan fingerprint density at radius 3 is 2.71 bits per heavy atom. The summed E-state index contributed by atoms with van der Waals surface area (Å²) in [7, 11) is 1.90. The highest BCUT2D eigenvalue weighted by Crippen LogP contribution is 2.43. The summed E-state index contributed by atoms with van der Waals surface area (Å²) in [5.41, 5.74) is 9.23. The topological polar surface area (TPSA) is 75.3 Å². The summed E-state index contributed by atoms with van der Waals surface area (Å²) in [4.78, 5) is 24.8. The summed E-state index contributed by atoms with van der Waals surface area (Å²) >= 11 is 0. The highest BCUT2D eigenvalue weighted by atomic mass is 19.1. The van der Waals surface area contributed by atoms with Crippen LogP contribution in [0.15, 0.2) is 42.7 Å². The lowest BCUT2D eigenvalue weighted by molar-refractivity contribution is -0.117. The normalized spacial score (nSPS) is 17.1.